The lowest BCUT2D eigenvalue weighted by molar-refractivity contribution is 0.118. The van der Waals surface area contributed by atoms with Crippen LogP contribution in [-0.2, 0) is 17.8 Å². The van der Waals surface area contributed by atoms with Crippen molar-refractivity contribution < 1.29 is 9.15 Å². The van der Waals surface area contributed by atoms with Gasteiger partial charge in [0, 0.05) is 19.2 Å². The first-order chi connectivity index (χ1) is 8.78. The highest BCUT2D eigenvalue weighted by Crippen LogP contribution is 2.19. The summed E-state index contributed by atoms with van der Waals surface area (Å²) in [7, 11) is 2.09. The molecule has 1 saturated carbocycles. The Hall–Kier alpha value is -0.840. The molecule has 4 nitrogen and oxygen atoms in total. The molecule has 2 rings (SSSR count). The van der Waals surface area contributed by atoms with Gasteiger partial charge in [0.25, 0.3) is 0 Å². The van der Waals surface area contributed by atoms with Gasteiger partial charge in [0.15, 0.2) is 0 Å². The van der Waals surface area contributed by atoms with Gasteiger partial charge in [-0.15, -0.1) is 0 Å². The molecule has 1 aromatic rings. The van der Waals surface area contributed by atoms with Crippen molar-refractivity contribution in [3.8, 4) is 0 Å². The van der Waals surface area contributed by atoms with Crippen molar-refractivity contribution in [2.75, 3.05) is 26.8 Å². The van der Waals surface area contributed by atoms with Crippen LogP contribution in [0.1, 0.15) is 31.3 Å². The lowest BCUT2D eigenvalue weighted by Gasteiger charge is -2.14. The highest BCUT2D eigenvalue weighted by Gasteiger charge is 2.20. The van der Waals surface area contributed by atoms with E-state index in [1.54, 1.807) is 0 Å². The summed E-state index contributed by atoms with van der Waals surface area (Å²) < 4.78 is 11.1. The van der Waals surface area contributed by atoms with Crippen LogP contribution >= 0.6 is 0 Å². The number of hydrogen-bond acceptors (Lipinski definition) is 4. The van der Waals surface area contributed by atoms with Crippen LogP contribution in [0.4, 0.5) is 0 Å². The van der Waals surface area contributed by atoms with Crippen LogP contribution in [0.25, 0.3) is 0 Å². The van der Waals surface area contributed by atoms with Crippen molar-refractivity contribution in [3.63, 3.8) is 0 Å². The van der Waals surface area contributed by atoms with E-state index < -0.39 is 0 Å². The van der Waals surface area contributed by atoms with Crippen LogP contribution < -0.4 is 5.32 Å². The molecular weight excluding hydrogens is 228 g/mol. The zero-order valence-corrected chi connectivity index (χ0v) is 11.4. The van der Waals surface area contributed by atoms with E-state index in [2.05, 4.69) is 29.4 Å². The summed E-state index contributed by atoms with van der Waals surface area (Å²) in [6.07, 6.45) is 2.63. The Bertz CT molecular complexity index is 347. The minimum atomic E-state index is 0.729. The van der Waals surface area contributed by atoms with Crippen molar-refractivity contribution in [2.24, 2.45) is 0 Å². The SMILES string of the molecule is CCOCCN(C)Cc1ccc(CNC2CC2)o1. The number of nitrogens with one attached hydrogen (secondary N) is 1. The minimum Gasteiger partial charge on any atom is -0.463 e. The van der Waals surface area contributed by atoms with E-state index >= 15 is 0 Å². The molecule has 102 valence electrons. The van der Waals surface area contributed by atoms with Crippen LogP contribution in [0, 0.1) is 0 Å². The largest absolute Gasteiger partial charge is 0.463 e. The lowest BCUT2D eigenvalue weighted by Crippen LogP contribution is -2.22. The molecule has 1 heterocycles. The molecule has 1 N–H and O–H groups in total. The third-order valence-corrected chi connectivity index (χ3v) is 3.11. The monoisotopic (exact) mass is 252 g/mol. The maximum Gasteiger partial charge on any atom is 0.118 e. The van der Waals surface area contributed by atoms with E-state index in [4.69, 9.17) is 9.15 Å². The van der Waals surface area contributed by atoms with Gasteiger partial charge in [-0.25, -0.2) is 0 Å². The van der Waals surface area contributed by atoms with Crippen LogP contribution in [0.3, 0.4) is 0 Å². The molecule has 0 aliphatic heterocycles. The molecule has 1 aliphatic carbocycles. The zero-order valence-electron chi connectivity index (χ0n) is 11.4. The van der Waals surface area contributed by atoms with Crippen LogP contribution in [0.5, 0.6) is 0 Å². The molecule has 0 radical (unpaired) electrons. The van der Waals surface area contributed by atoms with Gasteiger partial charge in [-0.3, -0.25) is 4.90 Å². The van der Waals surface area contributed by atoms with E-state index in [0.29, 0.717) is 0 Å². The number of likely N-dealkylation sites (N-methyl/N-ethyl adjacent to an activating group) is 1. The molecule has 0 aromatic carbocycles. The van der Waals surface area contributed by atoms with Crippen molar-refractivity contribution in [1.29, 1.82) is 0 Å². The van der Waals surface area contributed by atoms with E-state index in [1.807, 2.05) is 6.92 Å². The van der Waals surface area contributed by atoms with Crippen LogP contribution in [0.2, 0.25) is 0 Å². The highest BCUT2D eigenvalue weighted by atomic mass is 16.5. The molecule has 18 heavy (non-hydrogen) atoms. The van der Waals surface area contributed by atoms with Crippen LogP contribution in [-0.4, -0.2) is 37.7 Å². The molecule has 0 amide bonds. The predicted molar refractivity (Wildman–Crippen MR) is 71.4 cm³/mol. The highest BCUT2D eigenvalue weighted by molar-refractivity contribution is 5.07. The van der Waals surface area contributed by atoms with Gasteiger partial charge in [0.1, 0.15) is 11.5 Å². The van der Waals surface area contributed by atoms with E-state index in [0.717, 1.165) is 50.4 Å². The van der Waals surface area contributed by atoms with Crippen molar-refractivity contribution in [2.45, 2.75) is 38.9 Å². The van der Waals surface area contributed by atoms with Gasteiger partial charge in [-0.05, 0) is 38.9 Å². The Morgan fingerprint density at radius 2 is 2.17 bits per heavy atom. The summed E-state index contributed by atoms with van der Waals surface area (Å²) in [6, 6.07) is 4.87. The fourth-order valence-electron chi connectivity index (χ4n) is 1.84. The Kier molecular flexibility index (Phi) is 5.23. The summed E-state index contributed by atoms with van der Waals surface area (Å²) in [6.45, 7) is 6.22. The van der Waals surface area contributed by atoms with E-state index in [9.17, 15) is 0 Å². The van der Waals surface area contributed by atoms with Gasteiger partial charge >= 0.3 is 0 Å². The molecule has 0 atom stereocenters. The van der Waals surface area contributed by atoms with Gasteiger partial charge in [0.05, 0.1) is 19.7 Å². The lowest BCUT2D eigenvalue weighted by atomic mass is 10.4. The van der Waals surface area contributed by atoms with Crippen LogP contribution in [0.15, 0.2) is 16.5 Å². The quantitative estimate of drug-likeness (QED) is 0.682. The smallest absolute Gasteiger partial charge is 0.118 e. The first-order valence-corrected chi connectivity index (χ1v) is 6.85. The second-order valence-corrected chi connectivity index (χ2v) is 4.96. The second kappa shape index (κ2) is 6.92. The summed E-state index contributed by atoms with van der Waals surface area (Å²) in [4.78, 5) is 2.21. The normalized spacial score (nSPS) is 15.5. The fraction of sp³-hybridized carbons (Fsp3) is 0.714. The number of rotatable bonds is 9. The molecule has 1 aromatic heterocycles. The first kappa shape index (κ1) is 13.6. The standard InChI is InChI=1S/C14H24N2O2/c1-3-17-9-8-16(2)11-14-7-6-13(18-14)10-15-12-4-5-12/h6-7,12,15H,3-5,8-11H2,1-2H3. The fourth-order valence-corrected chi connectivity index (χ4v) is 1.84. The third-order valence-electron chi connectivity index (χ3n) is 3.11. The topological polar surface area (TPSA) is 37.6 Å². The summed E-state index contributed by atoms with van der Waals surface area (Å²) >= 11 is 0. The predicted octanol–water partition coefficient (Wildman–Crippen LogP) is 2.00. The summed E-state index contributed by atoms with van der Waals surface area (Å²) in [5, 5.41) is 3.45. The molecule has 0 unspecified atom stereocenters. The molecule has 1 aliphatic rings. The molecule has 1 fully saturated rings. The molecule has 0 spiro atoms. The van der Waals surface area contributed by atoms with Gasteiger partial charge in [0.2, 0.25) is 0 Å². The maximum absolute atomic E-state index is 5.79. The summed E-state index contributed by atoms with van der Waals surface area (Å²) in [5.74, 6) is 2.07. The third kappa shape index (κ3) is 4.80. The maximum atomic E-state index is 5.79. The Morgan fingerprint density at radius 3 is 2.89 bits per heavy atom. The minimum absolute atomic E-state index is 0.729. The van der Waals surface area contributed by atoms with E-state index in [1.165, 1.54) is 12.8 Å². The van der Waals surface area contributed by atoms with Crippen molar-refractivity contribution >= 4 is 0 Å². The number of furan rings is 1. The Labute approximate surface area is 109 Å². The number of hydrogen-bond donors (Lipinski definition) is 1. The molecule has 0 saturated heterocycles. The average molecular weight is 252 g/mol. The molecule has 4 heteroatoms. The average Bonchev–Trinajstić information content (AvgIpc) is 3.08. The van der Waals surface area contributed by atoms with Crippen molar-refractivity contribution in [3.05, 3.63) is 23.7 Å². The molecular formula is C14H24N2O2. The number of ether oxygens (including phenoxy) is 1. The number of nitrogens with zero attached hydrogens (tertiary/aromatic N) is 1. The van der Waals surface area contributed by atoms with Gasteiger partial charge in [-0.2, -0.15) is 0 Å². The van der Waals surface area contributed by atoms with Gasteiger partial charge < -0.3 is 14.5 Å². The van der Waals surface area contributed by atoms with Gasteiger partial charge in [-0.1, -0.05) is 0 Å². The van der Waals surface area contributed by atoms with Crippen molar-refractivity contribution in [1.82, 2.24) is 10.2 Å². The second-order valence-electron chi connectivity index (χ2n) is 4.96. The zero-order chi connectivity index (χ0) is 12.8. The molecule has 0 bridgehead atoms. The Balaban J connectivity index is 1.67. The summed E-state index contributed by atoms with van der Waals surface area (Å²) in [5.41, 5.74) is 0. The van der Waals surface area contributed by atoms with E-state index in [-0.39, 0.29) is 0 Å². The first-order valence-electron chi connectivity index (χ1n) is 6.85. The Morgan fingerprint density at radius 1 is 1.39 bits per heavy atom.